The van der Waals surface area contributed by atoms with Crippen molar-refractivity contribution < 1.29 is 33.4 Å². The average molecular weight is 779 g/mol. The van der Waals surface area contributed by atoms with Gasteiger partial charge < -0.3 is 19.7 Å². The second kappa shape index (κ2) is 28.1. The molecule has 0 heterocycles. The molecule has 0 radical (unpaired) electrons. The quantitative estimate of drug-likeness (QED) is 0.0385. The van der Waals surface area contributed by atoms with Crippen LogP contribution < -0.4 is 0 Å². The van der Waals surface area contributed by atoms with Gasteiger partial charge in [-0.05, 0) is 60.9 Å². The summed E-state index contributed by atoms with van der Waals surface area (Å²) in [7, 11) is 6.87. The molecule has 0 saturated heterocycles. The van der Waals surface area contributed by atoms with Gasteiger partial charge in [-0.15, -0.1) is 9.24 Å². The molecule has 2 aromatic carbocycles. The predicted octanol–water partition coefficient (Wildman–Crippen LogP) is 10.3. The normalized spacial score (nSPS) is 19.0. The van der Waals surface area contributed by atoms with E-state index in [4.69, 9.17) is 10.3 Å². The van der Waals surface area contributed by atoms with Gasteiger partial charge in [-0.25, -0.2) is 14.4 Å². The minimum Gasteiger partial charge on any atom is -0.466 e. The van der Waals surface area contributed by atoms with Crippen LogP contribution in [-0.4, -0.2) is 55.4 Å². The highest BCUT2D eigenvalue weighted by Crippen LogP contribution is 2.37. The third-order valence-electron chi connectivity index (χ3n) is 8.94. The van der Waals surface area contributed by atoms with E-state index in [-0.39, 0.29) is 50.3 Å². The molecule has 2 aromatic rings. The van der Waals surface area contributed by atoms with Crippen LogP contribution in [0.5, 0.6) is 0 Å². The van der Waals surface area contributed by atoms with Gasteiger partial charge in [0.1, 0.15) is 0 Å². The van der Waals surface area contributed by atoms with Crippen LogP contribution in [0, 0.1) is 17.8 Å². The molecule has 0 spiro atoms. The average Bonchev–Trinajstić information content (AvgIpc) is 3.50. The number of carbonyl (C=O) groups excluding carboxylic acids is 3. The fourth-order valence-corrected chi connectivity index (χ4v) is 6.51. The van der Waals surface area contributed by atoms with E-state index in [0.29, 0.717) is 11.6 Å². The van der Waals surface area contributed by atoms with E-state index < -0.39 is 5.97 Å². The molecule has 5 atom stereocenters. The SMILES string of the molecule is C.C.C1=CCCC=C1.COC(=O)/C=C/[C@@H](c1ccccc1)C1C=CCC=C1.COC(=O)C(/C=C/c1ccccc1)=[N+]=[N-].COC(=O)C1=CC(P)C2C=CC1CC2. The standard InChI is InChI=1S/C17H18O2.C11H10N2O2.C11H15O2P.C6H8.2CH4/c1-19-17(18)13-12-16(14-8-4-2-5-9-14)15-10-6-3-7-11-15;1-15-11(14)10(13-12)8-7-9-5-3-2-4-6-9;1-13-11(12)9-6-10(14)8-4-2-7(9)3-5-8;1-2-4-6-5-3-1;;/h2,4-13,15-16H,3H2,1H3;2-8H,1H3;2,4,6-8,10H,3,5,14H2,1H3;1-4H,5-6H2;2*1H4/b13-12+;8-7+;;;;/t16-;;;;;/m0...../s1. The molecule has 8 nitrogen and oxygen atoms in total. The second-order valence-corrected chi connectivity index (χ2v) is 13.3. The Labute approximate surface area is 336 Å². The van der Waals surface area contributed by atoms with Crippen molar-refractivity contribution in [2.45, 2.75) is 58.5 Å². The van der Waals surface area contributed by atoms with Crippen molar-refractivity contribution in [2.75, 3.05) is 21.3 Å². The molecule has 0 aromatic heterocycles. The van der Waals surface area contributed by atoms with Crippen LogP contribution in [0.2, 0.25) is 0 Å². The fourth-order valence-electron chi connectivity index (χ4n) is 5.98. The zero-order chi connectivity index (χ0) is 39.0. The molecule has 5 aliphatic carbocycles. The second-order valence-electron chi connectivity index (χ2n) is 12.6. The number of allylic oxidation sites excluding steroid dienone is 12. The molecule has 9 heteroatoms. The van der Waals surface area contributed by atoms with Crippen molar-refractivity contribution in [1.29, 1.82) is 0 Å². The maximum Gasteiger partial charge on any atom is 0.421 e. The van der Waals surface area contributed by atoms with Crippen molar-refractivity contribution in [3.05, 3.63) is 168 Å². The van der Waals surface area contributed by atoms with E-state index in [1.165, 1.54) is 58.3 Å². The van der Waals surface area contributed by atoms with Crippen molar-refractivity contribution >= 4 is 38.9 Å². The molecule has 5 aliphatic rings. The lowest BCUT2D eigenvalue weighted by atomic mass is 9.83. The van der Waals surface area contributed by atoms with E-state index in [0.717, 1.165) is 24.0 Å². The van der Waals surface area contributed by atoms with Crippen molar-refractivity contribution in [1.82, 2.24) is 0 Å². The number of esters is 3. The van der Waals surface area contributed by atoms with Crippen LogP contribution in [0.4, 0.5) is 0 Å². The number of ether oxygens (including phenoxy) is 3. The van der Waals surface area contributed by atoms with E-state index in [1.807, 2.05) is 54.6 Å². The molecular formula is C47H59N2O6P. The number of benzene rings is 2. The van der Waals surface area contributed by atoms with Gasteiger partial charge in [0.2, 0.25) is 0 Å². The van der Waals surface area contributed by atoms with Gasteiger partial charge in [0.05, 0.1) is 21.3 Å². The number of fused-ring (bicyclic) bond motifs is 2. The van der Waals surface area contributed by atoms with Crippen LogP contribution in [0.1, 0.15) is 64.0 Å². The number of rotatable bonds is 8. The van der Waals surface area contributed by atoms with Gasteiger partial charge in [-0.1, -0.05) is 148 Å². The number of nitrogens with zero attached hydrogens (tertiary/aromatic N) is 2. The Kier molecular flexibility index (Phi) is 24.3. The Morgan fingerprint density at radius 1 is 0.786 bits per heavy atom. The molecule has 0 N–H and O–H groups in total. The number of hydrogen-bond donors (Lipinski definition) is 0. The zero-order valence-corrected chi connectivity index (χ0v) is 32.4. The topological polar surface area (TPSA) is 115 Å². The summed E-state index contributed by atoms with van der Waals surface area (Å²) in [6, 6.07) is 19.6. The van der Waals surface area contributed by atoms with Gasteiger partial charge in [-0.2, -0.15) is 4.79 Å². The molecule has 4 unspecified atom stereocenters. The summed E-state index contributed by atoms with van der Waals surface area (Å²) in [6.07, 6.45) is 35.9. The summed E-state index contributed by atoms with van der Waals surface area (Å²) in [6.45, 7) is 0. The van der Waals surface area contributed by atoms with Crippen LogP contribution in [0.25, 0.3) is 11.6 Å². The van der Waals surface area contributed by atoms with Crippen LogP contribution in [0.3, 0.4) is 0 Å². The maximum atomic E-state index is 11.5. The molecule has 7 rings (SSSR count). The molecule has 0 amide bonds. The lowest BCUT2D eigenvalue weighted by Gasteiger charge is -2.21. The van der Waals surface area contributed by atoms with Gasteiger partial charge in [0.25, 0.3) is 0 Å². The Morgan fingerprint density at radius 2 is 1.41 bits per heavy atom. The monoisotopic (exact) mass is 778 g/mol. The zero-order valence-electron chi connectivity index (χ0n) is 31.3. The van der Waals surface area contributed by atoms with Gasteiger partial charge in [-0.3, -0.25) is 0 Å². The minimum absolute atomic E-state index is 0. The first kappa shape index (κ1) is 48.6. The summed E-state index contributed by atoms with van der Waals surface area (Å²) >= 11 is 0. The van der Waals surface area contributed by atoms with E-state index in [2.05, 4.69) is 102 Å². The van der Waals surface area contributed by atoms with E-state index in [1.54, 1.807) is 6.08 Å². The number of methoxy groups -OCH3 is 3. The molecule has 0 saturated carbocycles. The van der Waals surface area contributed by atoms with E-state index in [9.17, 15) is 14.4 Å². The van der Waals surface area contributed by atoms with Crippen LogP contribution in [-0.2, 0) is 28.6 Å². The Balaban J connectivity index is 0.000000387. The van der Waals surface area contributed by atoms with Gasteiger partial charge >= 0.3 is 23.6 Å². The third-order valence-corrected chi connectivity index (χ3v) is 9.62. The van der Waals surface area contributed by atoms with Gasteiger partial charge in [0, 0.05) is 35.5 Å². The lowest BCUT2D eigenvalue weighted by molar-refractivity contribution is -0.137. The maximum absolute atomic E-state index is 11.5. The minimum atomic E-state index is -0.676. The molecule has 298 valence electrons. The Bertz CT molecular complexity index is 1780. The Morgan fingerprint density at radius 3 is 1.91 bits per heavy atom. The van der Waals surface area contributed by atoms with Crippen LogP contribution in [0.15, 0.2) is 151 Å². The predicted molar refractivity (Wildman–Crippen MR) is 233 cm³/mol. The van der Waals surface area contributed by atoms with Gasteiger partial charge in [0.15, 0.2) is 0 Å². The molecule has 56 heavy (non-hydrogen) atoms. The van der Waals surface area contributed by atoms with E-state index >= 15 is 0 Å². The first-order valence-electron chi connectivity index (χ1n) is 18.0. The summed E-state index contributed by atoms with van der Waals surface area (Å²) in [4.78, 5) is 36.6. The molecule has 0 aliphatic heterocycles. The van der Waals surface area contributed by atoms with Crippen molar-refractivity contribution in [3.63, 3.8) is 0 Å². The molecule has 2 bridgehead atoms. The first-order chi connectivity index (χ1) is 26.3. The summed E-state index contributed by atoms with van der Waals surface area (Å²) < 4.78 is 13.9. The highest BCUT2D eigenvalue weighted by Gasteiger charge is 2.30. The fraction of sp³-hybridized carbons (Fsp3) is 0.319. The highest BCUT2D eigenvalue weighted by molar-refractivity contribution is 7.18. The largest absolute Gasteiger partial charge is 0.466 e. The van der Waals surface area contributed by atoms with Crippen molar-refractivity contribution in [2.24, 2.45) is 17.8 Å². The number of hydrogen-bond acceptors (Lipinski definition) is 6. The highest BCUT2D eigenvalue weighted by atomic mass is 31.0. The lowest BCUT2D eigenvalue weighted by Crippen LogP contribution is -2.14. The number of carbonyl (C=O) groups is 3. The first-order valence-corrected chi connectivity index (χ1v) is 18.7. The summed E-state index contributed by atoms with van der Waals surface area (Å²) in [5, 5.41) is 0. The smallest absolute Gasteiger partial charge is 0.421 e. The van der Waals surface area contributed by atoms with Crippen LogP contribution >= 0.6 is 9.24 Å². The van der Waals surface area contributed by atoms with Crippen molar-refractivity contribution in [3.8, 4) is 0 Å². The molecule has 0 fully saturated rings. The third kappa shape index (κ3) is 16.9. The summed E-state index contributed by atoms with van der Waals surface area (Å²) in [5.41, 5.74) is 11.7. The summed E-state index contributed by atoms with van der Waals surface area (Å²) in [5.74, 6) is 0.150. The Hall–Kier alpha value is -5.42. The molecular weight excluding hydrogens is 719 g/mol.